The average molecular weight is 214 g/mol. The maximum Gasteiger partial charge on any atom is 3.00 e. The van der Waals surface area contributed by atoms with Crippen LogP contribution in [-0.4, -0.2) is 16.6 Å². The average Bonchev–Trinajstić information content (AvgIpc) is 2.20. The third kappa shape index (κ3) is 7.85. The third-order valence-corrected chi connectivity index (χ3v) is 0.683. The molecule has 0 aliphatic rings. The van der Waals surface area contributed by atoms with Crippen LogP contribution in [0.1, 0.15) is 5.69 Å². The molecule has 50 valence electrons. The number of aromatic amines is 1. The first-order valence-electron chi connectivity index (χ1n) is 2.34. The number of aliphatic hydroxyl groups excluding tert-OH is 1. The monoisotopic (exact) mass is 214 g/mol. The maximum atomic E-state index is 8.24. The van der Waals surface area contributed by atoms with E-state index in [9.17, 15) is 0 Å². The molecule has 0 saturated heterocycles. The van der Waals surface area contributed by atoms with Gasteiger partial charge in [-0.2, -0.15) is 0 Å². The number of H-pyrrole nitrogens is 1. The summed E-state index contributed by atoms with van der Waals surface area (Å²) in [5.41, 5.74) is 1.09. The van der Waals surface area contributed by atoms with Gasteiger partial charge < -0.3 is 14.9 Å². The summed E-state index contributed by atoms with van der Waals surface area (Å²) in [4.78, 5) is 11.2. The molecule has 0 unspecified atom stereocenters. The van der Waals surface area contributed by atoms with Gasteiger partial charge in [0.1, 0.15) is 0 Å². The number of aromatic nitrogens is 1. The van der Waals surface area contributed by atoms with Crippen molar-refractivity contribution in [2.45, 2.75) is 6.92 Å². The molecular formula is C6H7NO2Y+. The van der Waals surface area contributed by atoms with Gasteiger partial charge in [-0.1, -0.05) is 12.2 Å². The van der Waals surface area contributed by atoms with Crippen molar-refractivity contribution < 1.29 is 42.6 Å². The first-order chi connectivity index (χ1) is 4.31. The van der Waals surface area contributed by atoms with Crippen LogP contribution in [-0.2, 0) is 37.5 Å². The molecule has 0 saturated carbocycles. The van der Waals surface area contributed by atoms with E-state index in [4.69, 9.17) is 9.90 Å². The van der Waals surface area contributed by atoms with E-state index >= 15 is 0 Å². The first kappa shape index (κ1) is 12.5. The summed E-state index contributed by atoms with van der Waals surface area (Å²) in [5, 5.41) is 6.76. The standard InChI is InChI=1S/C5H6N.CHO2.Y/c1-5-3-2-4-6-5;2-1-3;/h2,4,6H,1H3;(H,2,3);/q2*-1;+3. The molecule has 1 heterocycles. The van der Waals surface area contributed by atoms with Crippen molar-refractivity contribution in [1.82, 2.24) is 4.98 Å². The molecule has 4 heteroatoms. The largest absolute Gasteiger partial charge is 3.00 e. The molecule has 0 aliphatic heterocycles. The Labute approximate surface area is 84.7 Å². The summed E-state index contributed by atoms with van der Waals surface area (Å²) in [6.45, 7) is 2.47. The number of nitrogens with one attached hydrogen (secondary N) is 1. The quantitative estimate of drug-likeness (QED) is 0.625. The maximum absolute atomic E-state index is 8.24. The molecule has 0 aliphatic carbocycles. The summed E-state index contributed by atoms with van der Waals surface area (Å²) >= 11 is 0. The molecule has 0 radical (unpaired) electrons. The van der Waals surface area contributed by atoms with Crippen LogP contribution in [0.2, 0.25) is 0 Å². The Morgan fingerprint density at radius 1 is 1.80 bits per heavy atom. The van der Waals surface area contributed by atoms with Crippen LogP contribution in [0.15, 0.2) is 12.3 Å². The normalized spacial score (nSPS) is 6.50. The van der Waals surface area contributed by atoms with E-state index < -0.39 is 0 Å². The predicted molar refractivity (Wildman–Crippen MR) is 32.7 cm³/mol. The SMILES string of the molecule is Cc1[c-]cc[nH]1.O=[C-]O.[Y+3]. The van der Waals surface area contributed by atoms with Crippen molar-refractivity contribution in [2.24, 2.45) is 0 Å². The van der Waals surface area contributed by atoms with Gasteiger partial charge in [-0.3, -0.25) is 0 Å². The second-order valence-electron chi connectivity index (χ2n) is 1.34. The molecule has 0 aromatic carbocycles. The van der Waals surface area contributed by atoms with Crippen molar-refractivity contribution in [3.8, 4) is 0 Å². The van der Waals surface area contributed by atoms with Gasteiger partial charge in [-0.05, 0) is 6.92 Å². The van der Waals surface area contributed by atoms with Crippen molar-refractivity contribution >= 4 is 6.47 Å². The summed E-state index contributed by atoms with van der Waals surface area (Å²) in [7, 11) is 0. The van der Waals surface area contributed by atoms with Gasteiger partial charge in [0.2, 0.25) is 0 Å². The van der Waals surface area contributed by atoms with Gasteiger partial charge in [0, 0.05) is 0 Å². The Hall–Kier alpha value is -0.146. The van der Waals surface area contributed by atoms with Crippen molar-refractivity contribution in [2.75, 3.05) is 0 Å². The van der Waals surface area contributed by atoms with E-state index in [1.165, 1.54) is 0 Å². The molecule has 1 aromatic rings. The number of aryl methyl sites for hydroxylation is 1. The second kappa shape index (κ2) is 8.85. The minimum absolute atomic E-state index is 0. The van der Waals surface area contributed by atoms with Crippen molar-refractivity contribution in [3.63, 3.8) is 0 Å². The summed E-state index contributed by atoms with van der Waals surface area (Å²) in [6, 6.07) is 4.80. The van der Waals surface area contributed by atoms with Crippen molar-refractivity contribution in [3.05, 3.63) is 24.0 Å². The van der Waals surface area contributed by atoms with Gasteiger partial charge in [0.05, 0.1) is 0 Å². The zero-order chi connectivity index (χ0) is 7.11. The molecule has 3 nitrogen and oxygen atoms in total. The van der Waals surface area contributed by atoms with Gasteiger partial charge in [-0.25, -0.2) is 12.1 Å². The summed E-state index contributed by atoms with van der Waals surface area (Å²) in [5.74, 6) is 0. The molecule has 1 rings (SSSR count). The Morgan fingerprint density at radius 3 is 2.40 bits per heavy atom. The van der Waals surface area contributed by atoms with Crippen molar-refractivity contribution in [1.29, 1.82) is 0 Å². The zero-order valence-electron chi connectivity index (χ0n) is 5.59. The van der Waals surface area contributed by atoms with Gasteiger partial charge >= 0.3 is 32.7 Å². The molecule has 0 bridgehead atoms. The Balaban J connectivity index is 0. The molecular weight excluding hydrogens is 207 g/mol. The molecule has 0 atom stereocenters. The first-order valence-corrected chi connectivity index (χ1v) is 2.34. The minimum Gasteiger partial charge on any atom is -0.665 e. The smallest absolute Gasteiger partial charge is 0.665 e. The molecule has 1 aromatic heterocycles. The van der Waals surface area contributed by atoms with E-state index in [2.05, 4.69) is 11.1 Å². The van der Waals surface area contributed by atoms with Gasteiger partial charge in [0.15, 0.2) is 0 Å². The van der Waals surface area contributed by atoms with E-state index in [-0.39, 0.29) is 32.7 Å². The van der Waals surface area contributed by atoms with E-state index in [0.717, 1.165) is 5.69 Å². The molecule has 0 spiro atoms. The van der Waals surface area contributed by atoms with Crippen LogP contribution in [0, 0.1) is 13.0 Å². The third-order valence-electron chi connectivity index (χ3n) is 0.683. The Bertz CT molecular complexity index is 151. The topological polar surface area (TPSA) is 53.1 Å². The fraction of sp³-hybridized carbons (Fsp3) is 0.167. The van der Waals surface area contributed by atoms with E-state index in [0.29, 0.717) is 6.47 Å². The van der Waals surface area contributed by atoms with E-state index in [1.54, 1.807) is 0 Å². The van der Waals surface area contributed by atoms with Crippen LogP contribution in [0.5, 0.6) is 0 Å². The van der Waals surface area contributed by atoms with Gasteiger partial charge in [-0.15, -0.1) is 6.20 Å². The molecule has 0 amide bonds. The van der Waals surface area contributed by atoms with Crippen LogP contribution in [0.3, 0.4) is 0 Å². The molecule has 10 heavy (non-hydrogen) atoms. The van der Waals surface area contributed by atoms with Crippen LogP contribution >= 0.6 is 0 Å². The second-order valence-corrected chi connectivity index (χ2v) is 1.34. The van der Waals surface area contributed by atoms with Crippen LogP contribution < -0.4 is 0 Å². The fourth-order valence-corrected chi connectivity index (χ4v) is 0.375. The summed E-state index contributed by atoms with van der Waals surface area (Å²) < 4.78 is 0. The Morgan fingerprint density at radius 2 is 2.30 bits per heavy atom. The van der Waals surface area contributed by atoms with Gasteiger partial charge in [0.25, 0.3) is 0 Å². The van der Waals surface area contributed by atoms with Crippen LogP contribution in [0.4, 0.5) is 0 Å². The van der Waals surface area contributed by atoms with Crippen LogP contribution in [0.25, 0.3) is 0 Å². The Kier molecular flexibility index (Phi) is 11.1. The minimum atomic E-state index is 0. The molecule has 2 N–H and O–H groups in total. The number of hydrogen-bond acceptors (Lipinski definition) is 1. The fourth-order valence-electron chi connectivity index (χ4n) is 0.375. The number of hydrogen-bond donors (Lipinski definition) is 2. The molecule has 0 fully saturated rings. The summed E-state index contributed by atoms with van der Waals surface area (Å²) in [6.07, 6.45) is 1.86. The zero-order valence-corrected chi connectivity index (χ0v) is 8.43. The number of rotatable bonds is 0. The predicted octanol–water partition coefficient (Wildman–Crippen LogP) is 0.732. The van der Waals surface area contributed by atoms with E-state index in [1.807, 2.05) is 19.2 Å².